The monoisotopic (exact) mass is 1700 g/mol. The van der Waals surface area contributed by atoms with Gasteiger partial charge in [-0.15, -0.1) is 0 Å². The number of nitriles is 2. The van der Waals surface area contributed by atoms with E-state index in [-0.39, 0.29) is 35.5 Å². The molecule has 0 radical (unpaired) electrons. The number of nitrogens with zero attached hydrogens (tertiary/aromatic N) is 12. The van der Waals surface area contributed by atoms with E-state index in [1.54, 1.807) is 189 Å². The molecule has 606 valence electrons. The lowest BCUT2D eigenvalue weighted by molar-refractivity contribution is -0.118. The van der Waals surface area contributed by atoms with Crippen molar-refractivity contribution in [1.29, 1.82) is 10.5 Å². The average Bonchev–Trinajstić information content (AvgIpc) is 0.851. The van der Waals surface area contributed by atoms with E-state index in [9.17, 15) is 29.2 Å². The first-order chi connectivity index (χ1) is 59.1. The van der Waals surface area contributed by atoms with Crippen LogP contribution in [-0.2, 0) is 4.79 Å². The number of hydrogen-bond donors (Lipinski definition) is 5. The minimum absolute atomic E-state index is 0.0741. The Balaban J connectivity index is 0.000000149. The van der Waals surface area contributed by atoms with Crippen molar-refractivity contribution in [1.82, 2.24) is 49.8 Å². The summed E-state index contributed by atoms with van der Waals surface area (Å²) in [6.45, 7) is 7.66. The fraction of sp³-hybridized carbons (Fsp3) is 0.0659. The van der Waals surface area contributed by atoms with Crippen molar-refractivity contribution in [3.05, 3.63) is 376 Å². The summed E-state index contributed by atoms with van der Waals surface area (Å²) in [5.74, 6) is 3.39. The molecule has 5 N–H and O–H groups in total. The molecule has 0 saturated heterocycles. The first kappa shape index (κ1) is 87.2. The molecule has 0 bridgehead atoms. The molecule has 1 unspecified atom stereocenters. The molecular weight excluding hydrogens is 1630 g/mol. The van der Waals surface area contributed by atoms with Crippen LogP contribution < -0.4 is 50.3 Å². The quantitative estimate of drug-likeness (QED) is 0.0473. The van der Waals surface area contributed by atoms with E-state index in [1.165, 1.54) is 56.2 Å². The smallest absolute Gasteiger partial charge is 0.274 e. The maximum absolute atomic E-state index is 12.4. The molecule has 27 nitrogen and oxygen atoms in total. The summed E-state index contributed by atoms with van der Waals surface area (Å²) in [5, 5.41) is 33.9. The third-order valence-corrected chi connectivity index (χ3v) is 17.2. The molecule has 31 heteroatoms. The Labute approximate surface area is 719 Å². The van der Waals surface area contributed by atoms with Crippen LogP contribution in [0.1, 0.15) is 82.9 Å². The molecule has 122 heavy (non-hydrogen) atoms. The third kappa shape index (κ3) is 28.3. The van der Waals surface area contributed by atoms with Gasteiger partial charge in [-0.25, -0.2) is 44.9 Å². The van der Waals surface area contributed by atoms with Crippen molar-refractivity contribution >= 4 is 104 Å². The van der Waals surface area contributed by atoms with Gasteiger partial charge in [-0.05, 0) is 162 Å². The summed E-state index contributed by atoms with van der Waals surface area (Å²) in [6, 6.07) is 58.6. The summed E-state index contributed by atoms with van der Waals surface area (Å²) in [6.07, 6.45) is 27.8. The van der Waals surface area contributed by atoms with Gasteiger partial charge in [0.15, 0.2) is 23.0 Å². The van der Waals surface area contributed by atoms with Crippen LogP contribution in [-0.4, -0.2) is 79.4 Å². The normalized spacial score (nSPS) is 11.3. The summed E-state index contributed by atoms with van der Waals surface area (Å²) in [7, 11) is 0. The van der Waals surface area contributed by atoms with Crippen molar-refractivity contribution in [2.45, 2.75) is 34.1 Å². The topological polar surface area (TPSA) is 368 Å². The number of amides is 5. The van der Waals surface area contributed by atoms with Gasteiger partial charge in [0.2, 0.25) is 5.91 Å². The van der Waals surface area contributed by atoms with E-state index in [0.717, 1.165) is 22.4 Å². The van der Waals surface area contributed by atoms with Gasteiger partial charge in [0.25, 0.3) is 23.6 Å². The fourth-order valence-corrected chi connectivity index (χ4v) is 11.9. The molecule has 14 aromatic rings. The zero-order valence-electron chi connectivity index (χ0n) is 65.0. The number of rotatable bonds is 20. The molecule has 0 saturated carbocycles. The molecule has 0 spiro atoms. The Hall–Kier alpha value is -15.7. The first-order valence-electron chi connectivity index (χ1n) is 36.6. The molecular formula is C91H69Cl4N17O10. The number of nitrogens with one attached hydrogen (secondary N) is 5. The van der Waals surface area contributed by atoms with Crippen LogP contribution >= 0.6 is 46.4 Å². The molecule has 15 rings (SSSR count). The van der Waals surface area contributed by atoms with E-state index >= 15 is 0 Å². The highest BCUT2D eigenvalue weighted by atomic mass is 35.5. The number of aryl methyl sites for hydroxylation is 3. The lowest BCUT2D eigenvalue weighted by Gasteiger charge is -2.16. The Bertz CT molecular complexity index is 6030. The fourth-order valence-electron chi connectivity index (χ4n) is 11.0. The van der Waals surface area contributed by atoms with Gasteiger partial charge in [0.05, 0.1) is 85.0 Å². The molecule has 1 aliphatic rings. The summed E-state index contributed by atoms with van der Waals surface area (Å²) >= 11 is 24.4. The minimum atomic E-state index is -0.353. The van der Waals surface area contributed by atoms with E-state index in [0.29, 0.717) is 146 Å². The van der Waals surface area contributed by atoms with Crippen LogP contribution in [0.5, 0.6) is 57.5 Å². The van der Waals surface area contributed by atoms with E-state index < -0.39 is 0 Å². The Morgan fingerprint density at radius 1 is 0.361 bits per heavy atom. The van der Waals surface area contributed by atoms with Crippen LogP contribution in [0, 0.1) is 49.4 Å². The Morgan fingerprint density at radius 2 is 0.730 bits per heavy atom. The largest absolute Gasteiger partial charge is 0.456 e. The van der Waals surface area contributed by atoms with Gasteiger partial charge < -0.3 is 50.3 Å². The first-order valence-corrected chi connectivity index (χ1v) is 38.1. The number of aromatic nitrogens is 10. The standard InChI is InChI=1S/C19H14N4O2.C18H11ClN4O2.C18H14ClN3O2.C18H16ClN3O2.C18H14ClN3O2/c1-13-3-2-4-15(5-13)19(24)23-16-6-14(9-20)7-17(8-16)25-18-10-21-12-22-11-18;19-14-5-15(7-16(6-14)25-17-9-21-11-22-10-17)23-18(24)13-3-1-2-12(4-13)8-20;1-12-4-2-6-17(21-12)18(23)22-14-8-13(19)9-16(10-14)24-15-5-3-7-20-11-15;2*1-12-3-2-4-13(5-12)18(23)22-15-6-14(19)7-16(8-15)24-17-9-20-11-21-10-17/h2-8,10-12H,1H3,(H,23,24);1-7,9-11H,(H,23,24);2-11H,1H3,(H,22,23);2-3,5-11,13H,4H2,1H3,(H,22,23);2-11H,1H3,(H,22,23). The van der Waals surface area contributed by atoms with Crippen LogP contribution in [0.15, 0.2) is 305 Å². The zero-order valence-corrected chi connectivity index (χ0v) is 68.1. The van der Waals surface area contributed by atoms with E-state index in [1.807, 2.05) is 88.4 Å². The zero-order chi connectivity index (χ0) is 86.1. The molecule has 6 aromatic heterocycles. The Kier molecular flexibility index (Phi) is 31.5. The number of pyridine rings is 2. The van der Waals surface area contributed by atoms with Gasteiger partial charge in [0, 0.05) is 107 Å². The van der Waals surface area contributed by atoms with Gasteiger partial charge >= 0.3 is 0 Å². The predicted molar refractivity (Wildman–Crippen MR) is 464 cm³/mol. The highest BCUT2D eigenvalue weighted by Gasteiger charge is 2.20. The molecule has 0 fully saturated rings. The highest BCUT2D eigenvalue weighted by molar-refractivity contribution is 6.32. The summed E-state index contributed by atoms with van der Waals surface area (Å²) in [4.78, 5) is 101. The van der Waals surface area contributed by atoms with Crippen molar-refractivity contribution in [3.8, 4) is 69.6 Å². The Morgan fingerprint density at radius 3 is 1.12 bits per heavy atom. The van der Waals surface area contributed by atoms with Gasteiger partial charge in [-0.1, -0.05) is 118 Å². The average molecular weight is 1700 g/mol. The number of benzene rings is 8. The van der Waals surface area contributed by atoms with E-state index in [4.69, 9.17) is 75.3 Å². The number of hydrogen-bond acceptors (Lipinski definition) is 22. The number of carbonyl (C=O) groups excluding carboxylic acids is 5. The molecule has 0 aliphatic heterocycles. The third-order valence-electron chi connectivity index (χ3n) is 16.3. The van der Waals surface area contributed by atoms with Crippen molar-refractivity contribution < 1.29 is 47.7 Å². The maximum atomic E-state index is 12.4. The number of anilines is 5. The number of carbonyl (C=O) groups is 5. The second-order valence-electron chi connectivity index (χ2n) is 26.1. The predicted octanol–water partition coefficient (Wildman–Crippen LogP) is 21.1. The second kappa shape index (κ2) is 44.1. The van der Waals surface area contributed by atoms with Gasteiger partial charge in [-0.3, -0.25) is 29.0 Å². The van der Waals surface area contributed by atoms with Crippen molar-refractivity contribution in [3.63, 3.8) is 0 Å². The SMILES string of the molecule is CC1=CC(C(=O)Nc2cc(Cl)cc(Oc3cncnc3)c2)CC=C1.Cc1cccc(C(=O)Nc2cc(C#N)cc(Oc3cncnc3)c2)c1.Cc1cccc(C(=O)Nc2cc(Cl)cc(Oc3cccnc3)c2)n1.Cc1cccc(C(=O)Nc2cc(Cl)cc(Oc3cncnc3)c2)c1.N#Cc1cccc(C(=O)Nc2cc(Cl)cc(Oc3cncnc3)c2)c1. The molecule has 6 heterocycles. The minimum Gasteiger partial charge on any atom is -0.456 e. The van der Waals surface area contributed by atoms with E-state index in [2.05, 4.69) is 82.5 Å². The van der Waals surface area contributed by atoms with Crippen LogP contribution in [0.2, 0.25) is 20.1 Å². The number of allylic oxidation sites excluding steroid dienone is 3. The van der Waals surface area contributed by atoms with Crippen LogP contribution in [0.25, 0.3) is 0 Å². The van der Waals surface area contributed by atoms with Crippen LogP contribution in [0.3, 0.4) is 0 Å². The molecule has 1 aliphatic carbocycles. The lowest BCUT2D eigenvalue weighted by Crippen LogP contribution is -2.22. The molecule has 8 aromatic carbocycles. The number of halogens is 4. The maximum Gasteiger partial charge on any atom is 0.274 e. The van der Waals surface area contributed by atoms with Crippen LogP contribution in [0.4, 0.5) is 28.4 Å². The van der Waals surface area contributed by atoms with Gasteiger partial charge in [0.1, 0.15) is 65.5 Å². The van der Waals surface area contributed by atoms with Crippen molar-refractivity contribution in [2.24, 2.45) is 5.92 Å². The molecule has 1 atom stereocenters. The molecule has 5 amide bonds. The second-order valence-corrected chi connectivity index (χ2v) is 27.9. The summed E-state index contributed by atoms with van der Waals surface area (Å²) < 4.78 is 28.3. The lowest BCUT2D eigenvalue weighted by atomic mass is 9.96. The van der Waals surface area contributed by atoms with Crippen molar-refractivity contribution in [2.75, 3.05) is 26.6 Å². The highest BCUT2D eigenvalue weighted by Crippen LogP contribution is 2.34. The van der Waals surface area contributed by atoms with Gasteiger partial charge in [-0.2, -0.15) is 10.5 Å². The number of ether oxygens (including phenoxy) is 5. The summed E-state index contributed by atoms with van der Waals surface area (Å²) in [5.41, 5.74) is 9.06.